The Bertz CT molecular complexity index is 3640. The smallest absolute Gasteiger partial charge is 0.0540 e. The lowest BCUT2D eigenvalue weighted by molar-refractivity contribution is 1.23. The first-order valence-corrected chi connectivity index (χ1v) is 25.7. The summed E-state index contributed by atoms with van der Waals surface area (Å²) in [5, 5.41) is 6.98. The molecule has 75 heavy (non-hydrogen) atoms. The molecule has 0 aliphatic heterocycles. The lowest BCUT2D eigenvalue weighted by Crippen LogP contribution is -2.17. The van der Waals surface area contributed by atoms with Gasteiger partial charge in [-0.2, -0.15) is 0 Å². The summed E-state index contributed by atoms with van der Waals surface area (Å²) in [6.07, 6.45) is 0. The molecule has 0 aliphatic rings. The van der Waals surface area contributed by atoms with E-state index in [1.54, 1.807) is 0 Å². The minimum absolute atomic E-state index is 1.00. The van der Waals surface area contributed by atoms with Crippen molar-refractivity contribution in [1.29, 1.82) is 0 Å². The highest BCUT2D eigenvalue weighted by Crippen LogP contribution is 2.49. The van der Waals surface area contributed by atoms with E-state index in [0.29, 0.717) is 0 Å². The lowest BCUT2D eigenvalue weighted by Gasteiger charge is -2.34. The molecule has 0 radical (unpaired) electrons. The van der Waals surface area contributed by atoms with Crippen molar-refractivity contribution in [3.8, 4) is 33.4 Å². The van der Waals surface area contributed by atoms with Gasteiger partial charge in [0.2, 0.25) is 0 Å². The summed E-state index contributed by atoms with van der Waals surface area (Å²) >= 11 is 0. The molecule has 0 unspecified atom stereocenters. The standard InChI is InChI=1S/C72H51N3/c1-4-19-52(20-5-1)55-37-43-61(44-38-55)73(70-34-16-28-58-25-10-13-31-67(58)70)64-49-65(74(71-35-17-29-59-26-11-14-32-68(59)71)62-45-39-56(40-46-62)53-21-6-2-7-22-53)51-66(50-64)75(72-36-18-30-60-27-12-15-33-69(60)72)63-47-41-57(42-48-63)54-23-8-3-9-24-54/h1-51H. The van der Waals surface area contributed by atoms with E-state index in [-0.39, 0.29) is 0 Å². The van der Waals surface area contributed by atoms with Crippen molar-refractivity contribution >= 4 is 83.5 Å². The highest BCUT2D eigenvalue weighted by atomic mass is 15.2. The molecule has 354 valence electrons. The van der Waals surface area contributed by atoms with Crippen LogP contribution in [0, 0.1) is 0 Å². The van der Waals surface area contributed by atoms with E-state index in [1.807, 2.05) is 0 Å². The number of anilines is 9. The second-order valence-electron chi connectivity index (χ2n) is 18.9. The zero-order chi connectivity index (χ0) is 49.9. The van der Waals surface area contributed by atoms with Crippen LogP contribution >= 0.6 is 0 Å². The van der Waals surface area contributed by atoms with Crippen LogP contribution in [0.1, 0.15) is 0 Å². The number of rotatable bonds is 12. The molecule has 0 bridgehead atoms. The second-order valence-corrected chi connectivity index (χ2v) is 18.9. The van der Waals surface area contributed by atoms with Crippen molar-refractivity contribution in [3.63, 3.8) is 0 Å². The van der Waals surface area contributed by atoms with Crippen LogP contribution in [0.15, 0.2) is 309 Å². The lowest BCUT2D eigenvalue weighted by atomic mass is 10.0. The van der Waals surface area contributed by atoms with Crippen LogP contribution in [-0.4, -0.2) is 0 Å². The highest BCUT2D eigenvalue weighted by molar-refractivity contribution is 6.04. The Morgan fingerprint density at radius 2 is 0.387 bits per heavy atom. The highest BCUT2D eigenvalue weighted by Gasteiger charge is 2.25. The summed E-state index contributed by atoms with van der Waals surface area (Å²) in [5.41, 5.74) is 16.4. The maximum Gasteiger partial charge on any atom is 0.0540 e. The SMILES string of the molecule is c1ccc(-c2ccc(N(c3cc(N(c4ccc(-c5ccccc5)cc4)c4cccc5ccccc45)cc(N(c4ccc(-c5ccccc5)cc4)c4cccc5ccccc45)c3)c3cccc4ccccc34)cc2)cc1. The van der Waals surface area contributed by atoms with Gasteiger partial charge in [0.25, 0.3) is 0 Å². The van der Waals surface area contributed by atoms with E-state index in [2.05, 4.69) is 324 Å². The molecule has 13 aromatic carbocycles. The van der Waals surface area contributed by atoms with Gasteiger partial charge in [0.1, 0.15) is 0 Å². The van der Waals surface area contributed by atoms with Gasteiger partial charge in [-0.3, -0.25) is 0 Å². The van der Waals surface area contributed by atoms with Gasteiger partial charge in [0, 0.05) is 33.2 Å². The van der Waals surface area contributed by atoms with Crippen LogP contribution < -0.4 is 14.7 Å². The van der Waals surface area contributed by atoms with Crippen LogP contribution in [0.25, 0.3) is 65.7 Å². The second kappa shape index (κ2) is 19.9. The zero-order valence-corrected chi connectivity index (χ0v) is 41.3. The van der Waals surface area contributed by atoms with Gasteiger partial charge in [0.15, 0.2) is 0 Å². The predicted octanol–water partition coefficient (Wildman–Crippen LogP) is 20.6. The van der Waals surface area contributed by atoms with Crippen molar-refractivity contribution in [2.45, 2.75) is 0 Å². The van der Waals surface area contributed by atoms with Gasteiger partial charge in [-0.05, 0) is 122 Å². The molecule has 0 saturated heterocycles. The maximum absolute atomic E-state index is 2.45. The van der Waals surface area contributed by atoms with Crippen molar-refractivity contribution in [2.24, 2.45) is 0 Å². The van der Waals surface area contributed by atoms with Gasteiger partial charge in [0.05, 0.1) is 34.1 Å². The number of hydrogen-bond acceptors (Lipinski definition) is 3. The average molecular weight is 958 g/mol. The van der Waals surface area contributed by atoms with E-state index in [4.69, 9.17) is 0 Å². The number of hydrogen-bond donors (Lipinski definition) is 0. The fourth-order valence-corrected chi connectivity index (χ4v) is 10.8. The molecule has 0 aromatic heterocycles. The summed E-state index contributed by atoms with van der Waals surface area (Å²) in [4.78, 5) is 7.34. The Hall–Kier alpha value is -9.96. The van der Waals surface area contributed by atoms with Crippen molar-refractivity contribution < 1.29 is 0 Å². The molecule has 0 spiro atoms. The Labute approximate surface area is 438 Å². The zero-order valence-electron chi connectivity index (χ0n) is 41.3. The third kappa shape index (κ3) is 8.83. The molecule has 0 amide bonds. The van der Waals surface area contributed by atoms with E-state index in [9.17, 15) is 0 Å². The summed E-state index contributed by atoms with van der Waals surface area (Å²) in [7, 11) is 0. The van der Waals surface area contributed by atoms with Gasteiger partial charge >= 0.3 is 0 Å². The molecule has 3 heteroatoms. The molecule has 0 saturated carbocycles. The van der Waals surface area contributed by atoms with E-state index in [0.717, 1.165) is 84.0 Å². The van der Waals surface area contributed by atoms with Crippen molar-refractivity contribution in [3.05, 3.63) is 309 Å². The Morgan fingerprint density at radius 1 is 0.160 bits per heavy atom. The van der Waals surface area contributed by atoms with Gasteiger partial charge < -0.3 is 14.7 Å². The molecule has 0 fully saturated rings. The molecular weight excluding hydrogens is 907 g/mol. The van der Waals surface area contributed by atoms with Crippen molar-refractivity contribution in [1.82, 2.24) is 0 Å². The van der Waals surface area contributed by atoms with Crippen LogP contribution in [0.2, 0.25) is 0 Å². The molecule has 0 N–H and O–H groups in total. The van der Waals surface area contributed by atoms with Gasteiger partial charge in [-0.15, -0.1) is 0 Å². The molecule has 0 aliphatic carbocycles. The summed E-state index contributed by atoms with van der Waals surface area (Å²) in [5.74, 6) is 0. The minimum atomic E-state index is 1.00. The van der Waals surface area contributed by atoms with Gasteiger partial charge in [-0.25, -0.2) is 0 Å². The fourth-order valence-electron chi connectivity index (χ4n) is 10.8. The molecular formula is C72H51N3. The molecule has 0 atom stereocenters. The van der Waals surface area contributed by atoms with Gasteiger partial charge in [-0.1, -0.05) is 237 Å². The number of benzene rings is 13. The minimum Gasteiger partial charge on any atom is -0.310 e. The fraction of sp³-hybridized carbons (Fsp3) is 0. The Kier molecular flexibility index (Phi) is 11.9. The quantitative estimate of drug-likeness (QED) is 0.121. The molecule has 13 rings (SSSR count). The molecule has 13 aromatic rings. The van der Waals surface area contributed by atoms with E-state index < -0.39 is 0 Å². The Balaban J connectivity index is 1.11. The Morgan fingerprint density at radius 3 is 0.667 bits per heavy atom. The van der Waals surface area contributed by atoms with Crippen LogP contribution in [-0.2, 0) is 0 Å². The first-order chi connectivity index (χ1) is 37.2. The van der Waals surface area contributed by atoms with E-state index in [1.165, 1.54) is 32.8 Å². The third-order valence-corrected chi connectivity index (χ3v) is 14.4. The maximum atomic E-state index is 2.45. The number of fused-ring (bicyclic) bond motifs is 3. The summed E-state index contributed by atoms with van der Waals surface area (Å²) in [6, 6.07) is 112. The third-order valence-electron chi connectivity index (χ3n) is 14.4. The summed E-state index contributed by atoms with van der Waals surface area (Å²) in [6.45, 7) is 0. The first kappa shape index (κ1) is 44.9. The van der Waals surface area contributed by atoms with Crippen molar-refractivity contribution in [2.75, 3.05) is 14.7 Å². The average Bonchev–Trinajstić information content (AvgIpc) is 3.50. The van der Waals surface area contributed by atoms with Crippen LogP contribution in [0.5, 0.6) is 0 Å². The normalized spacial score (nSPS) is 11.2. The van der Waals surface area contributed by atoms with E-state index >= 15 is 0 Å². The topological polar surface area (TPSA) is 9.72 Å². The largest absolute Gasteiger partial charge is 0.310 e. The number of nitrogens with zero attached hydrogens (tertiary/aromatic N) is 3. The van der Waals surface area contributed by atoms with Crippen LogP contribution in [0.4, 0.5) is 51.2 Å². The first-order valence-electron chi connectivity index (χ1n) is 25.7. The molecule has 0 heterocycles. The monoisotopic (exact) mass is 957 g/mol. The molecule has 3 nitrogen and oxygen atoms in total. The predicted molar refractivity (Wildman–Crippen MR) is 319 cm³/mol. The summed E-state index contributed by atoms with van der Waals surface area (Å²) < 4.78 is 0. The van der Waals surface area contributed by atoms with Crippen LogP contribution in [0.3, 0.4) is 0 Å².